The van der Waals surface area contributed by atoms with Crippen molar-refractivity contribution in [2.45, 2.75) is 57.3 Å². The molecule has 40 heavy (non-hydrogen) atoms. The van der Waals surface area contributed by atoms with Gasteiger partial charge in [0.1, 0.15) is 18.1 Å². The van der Waals surface area contributed by atoms with Crippen molar-refractivity contribution in [1.29, 1.82) is 0 Å². The van der Waals surface area contributed by atoms with Gasteiger partial charge in [0.15, 0.2) is 0 Å². The number of carbonyl (C=O) groups is 5. The van der Waals surface area contributed by atoms with E-state index < -0.39 is 60.2 Å². The highest BCUT2D eigenvalue weighted by Gasteiger charge is 2.32. The van der Waals surface area contributed by atoms with Crippen LogP contribution in [-0.4, -0.2) is 79.0 Å². The van der Waals surface area contributed by atoms with E-state index in [1.165, 1.54) is 12.5 Å². The molecule has 3 amide bonds. The van der Waals surface area contributed by atoms with E-state index in [0.29, 0.717) is 5.69 Å². The summed E-state index contributed by atoms with van der Waals surface area (Å²) in [6.07, 6.45) is 3.59. The first-order chi connectivity index (χ1) is 19.0. The van der Waals surface area contributed by atoms with Crippen LogP contribution in [0.5, 0.6) is 0 Å². The molecule has 0 spiro atoms. The highest BCUT2D eigenvalue weighted by atomic mass is 16.4. The van der Waals surface area contributed by atoms with E-state index in [4.69, 9.17) is 10.8 Å². The van der Waals surface area contributed by atoms with Crippen molar-refractivity contribution in [3.63, 3.8) is 0 Å². The van der Waals surface area contributed by atoms with Gasteiger partial charge in [-0.05, 0) is 17.5 Å². The normalized spacial score (nSPS) is 14.2. The van der Waals surface area contributed by atoms with Gasteiger partial charge in [0.2, 0.25) is 17.7 Å². The Morgan fingerprint density at radius 3 is 2.12 bits per heavy atom. The van der Waals surface area contributed by atoms with Crippen LogP contribution in [0.1, 0.15) is 31.5 Å². The number of aliphatic carboxylic acids is 2. The van der Waals surface area contributed by atoms with Gasteiger partial charge in [0.05, 0.1) is 18.8 Å². The van der Waals surface area contributed by atoms with Crippen molar-refractivity contribution in [2.75, 3.05) is 0 Å². The summed E-state index contributed by atoms with van der Waals surface area (Å²) in [5.41, 5.74) is 8.02. The van der Waals surface area contributed by atoms with Crippen LogP contribution in [0.2, 0.25) is 0 Å². The molecule has 214 valence electrons. The molecule has 0 aliphatic carbocycles. The Labute approximate surface area is 229 Å². The highest BCUT2D eigenvalue weighted by molar-refractivity contribution is 5.95. The SMILES string of the molecule is CC(C)C(N)C(=O)NC(Cc1c[nH]c2ccccc12)C(=O)NC(Cc1cnc[nH]1)C(=O)NC(CC(=O)O)C(=O)O. The molecule has 9 N–H and O–H groups in total. The Kier molecular flexibility index (Phi) is 9.97. The number of nitrogens with two attached hydrogens (primary N) is 1. The van der Waals surface area contributed by atoms with Crippen molar-refractivity contribution >= 4 is 40.6 Å². The first kappa shape index (κ1) is 29.8. The summed E-state index contributed by atoms with van der Waals surface area (Å²) in [7, 11) is 0. The Balaban J connectivity index is 1.88. The van der Waals surface area contributed by atoms with Gasteiger partial charge in [-0.25, -0.2) is 9.78 Å². The maximum Gasteiger partial charge on any atom is 0.326 e. The third kappa shape index (κ3) is 7.89. The first-order valence-corrected chi connectivity index (χ1v) is 12.6. The smallest absolute Gasteiger partial charge is 0.326 e. The second kappa shape index (κ2) is 13.4. The number of amides is 3. The Hall–Kier alpha value is -4.72. The van der Waals surface area contributed by atoms with Gasteiger partial charge in [-0.1, -0.05) is 32.0 Å². The number of H-pyrrole nitrogens is 2. The summed E-state index contributed by atoms with van der Waals surface area (Å²) in [5, 5.41) is 26.7. The number of benzene rings is 1. The van der Waals surface area contributed by atoms with Gasteiger partial charge in [0.25, 0.3) is 0 Å². The summed E-state index contributed by atoms with van der Waals surface area (Å²) in [5.74, 6) is -5.39. The van der Waals surface area contributed by atoms with Gasteiger partial charge in [-0.3, -0.25) is 19.2 Å². The van der Waals surface area contributed by atoms with E-state index in [1.54, 1.807) is 20.0 Å². The molecule has 2 heterocycles. The molecule has 14 nitrogen and oxygen atoms in total. The monoisotopic (exact) mass is 555 g/mol. The van der Waals surface area contributed by atoms with Crippen molar-refractivity contribution in [3.05, 3.63) is 54.2 Å². The largest absolute Gasteiger partial charge is 0.481 e. The number of para-hydroxylation sites is 1. The minimum absolute atomic E-state index is 0.0571. The van der Waals surface area contributed by atoms with E-state index in [9.17, 15) is 29.1 Å². The van der Waals surface area contributed by atoms with Crippen molar-refractivity contribution in [1.82, 2.24) is 30.9 Å². The Bertz CT molecular complexity index is 1350. The molecule has 3 rings (SSSR count). The topological polar surface area (TPSA) is 232 Å². The molecule has 3 aromatic rings. The number of carboxylic acids is 2. The van der Waals surface area contributed by atoms with Crippen LogP contribution in [0.15, 0.2) is 43.0 Å². The summed E-state index contributed by atoms with van der Waals surface area (Å²) in [4.78, 5) is 72.0. The zero-order valence-corrected chi connectivity index (χ0v) is 22.0. The van der Waals surface area contributed by atoms with Crippen LogP contribution in [0.4, 0.5) is 0 Å². The molecule has 0 aliphatic heterocycles. The molecule has 14 heteroatoms. The van der Waals surface area contributed by atoms with E-state index in [0.717, 1.165) is 16.5 Å². The lowest BCUT2D eigenvalue weighted by Crippen LogP contribution is -2.58. The van der Waals surface area contributed by atoms with Crippen molar-refractivity contribution < 1.29 is 34.2 Å². The molecule has 1 aromatic carbocycles. The predicted octanol–water partition coefficient (Wildman–Crippen LogP) is -0.327. The minimum Gasteiger partial charge on any atom is -0.481 e. The van der Waals surface area contributed by atoms with Crippen LogP contribution in [0.25, 0.3) is 10.9 Å². The standard InChI is InChI=1S/C26H33N7O7/c1-13(2)22(27)25(38)32-18(7-14-10-29-17-6-4-3-5-16(14)17)23(36)31-19(8-15-11-28-12-30-15)24(37)33-20(26(39)40)9-21(34)35/h3-6,10-13,18-20,22,29H,7-9,27H2,1-2H3,(H,28,30)(H,31,36)(H,32,38)(H,33,37)(H,34,35)(H,39,40). The number of aromatic nitrogens is 3. The third-order valence-corrected chi connectivity index (χ3v) is 6.36. The second-order valence-corrected chi connectivity index (χ2v) is 9.73. The number of carbonyl (C=O) groups excluding carboxylic acids is 3. The summed E-state index contributed by atoms with van der Waals surface area (Å²) in [6.45, 7) is 3.53. The second-order valence-electron chi connectivity index (χ2n) is 9.73. The fourth-order valence-electron chi connectivity index (χ4n) is 4.05. The maximum atomic E-state index is 13.6. The quantitative estimate of drug-likeness (QED) is 0.130. The summed E-state index contributed by atoms with van der Waals surface area (Å²) >= 11 is 0. The molecule has 2 aromatic heterocycles. The van der Waals surface area contributed by atoms with Crippen LogP contribution in [0, 0.1) is 5.92 Å². The molecule has 0 saturated heterocycles. The minimum atomic E-state index is -1.73. The Morgan fingerprint density at radius 1 is 0.900 bits per heavy atom. The van der Waals surface area contributed by atoms with Crippen molar-refractivity contribution in [3.8, 4) is 0 Å². The zero-order valence-electron chi connectivity index (χ0n) is 22.0. The number of imidazole rings is 1. The Morgan fingerprint density at radius 2 is 1.52 bits per heavy atom. The lowest BCUT2D eigenvalue weighted by molar-refractivity contribution is -0.147. The number of nitrogens with zero attached hydrogens (tertiary/aromatic N) is 1. The van der Waals surface area contributed by atoms with Gasteiger partial charge in [0, 0.05) is 41.8 Å². The molecule has 0 radical (unpaired) electrons. The highest BCUT2D eigenvalue weighted by Crippen LogP contribution is 2.19. The van der Waals surface area contributed by atoms with E-state index >= 15 is 0 Å². The number of aromatic amines is 2. The number of nitrogens with one attached hydrogen (secondary N) is 5. The average Bonchev–Trinajstić information content (AvgIpc) is 3.56. The lowest BCUT2D eigenvalue weighted by atomic mass is 10.0. The van der Waals surface area contributed by atoms with E-state index in [-0.39, 0.29) is 18.8 Å². The molecule has 4 unspecified atom stereocenters. The fourth-order valence-corrected chi connectivity index (χ4v) is 4.05. The van der Waals surface area contributed by atoms with Crippen LogP contribution in [-0.2, 0) is 36.8 Å². The number of carboxylic acid groups (broad SMARTS) is 2. The van der Waals surface area contributed by atoms with Crippen LogP contribution in [0.3, 0.4) is 0 Å². The maximum absolute atomic E-state index is 13.6. The first-order valence-electron chi connectivity index (χ1n) is 12.6. The van der Waals surface area contributed by atoms with Gasteiger partial charge in [-0.2, -0.15) is 0 Å². The summed E-state index contributed by atoms with van der Waals surface area (Å²) < 4.78 is 0. The van der Waals surface area contributed by atoms with E-state index in [1.807, 2.05) is 24.3 Å². The van der Waals surface area contributed by atoms with Crippen LogP contribution < -0.4 is 21.7 Å². The lowest BCUT2D eigenvalue weighted by Gasteiger charge is -2.25. The molecule has 4 atom stereocenters. The number of hydrogen-bond acceptors (Lipinski definition) is 7. The van der Waals surface area contributed by atoms with E-state index in [2.05, 4.69) is 30.9 Å². The van der Waals surface area contributed by atoms with Gasteiger partial charge >= 0.3 is 11.9 Å². The van der Waals surface area contributed by atoms with Crippen molar-refractivity contribution in [2.24, 2.45) is 11.7 Å². The molecule has 0 saturated carbocycles. The number of fused-ring (bicyclic) bond motifs is 1. The molecule has 0 fully saturated rings. The number of rotatable bonds is 14. The number of hydrogen-bond donors (Lipinski definition) is 8. The zero-order chi connectivity index (χ0) is 29.4. The molecule has 0 bridgehead atoms. The fraction of sp³-hybridized carbons (Fsp3) is 0.385. The average molecular weight is 556 g/mol. The molecular formula is C26H33N7O7. The molecular weight excluding hydrogens is 522 g/mol. The van der Waals surface area contributed by atoms with Crippen LogP contribution >= 0.6 is 0 Å². The summed E-state index contributed by atoms with van der Waals surface area (Å²) in [6, 6.07) is 2.31. The van der Waals surface area contributed by atoms with Gasteiger partial charge in [-0.15, -0.1) is 0 Å². The molecule has 0 aliphatic rings. The van der Waals surface area contributed by atoms with Gasteiger partial charge < -0.3 is 41.9 Å². The predicted molar refractivity (Wildman–Crippen MR) is 143 cm³/mol. The third-order valence-electron chi connectivity index (χ3n) is 6.36.